The zero-order valence-corrected chi connectivity index (χ0v) is 50.4. The van der Waals surface area contributed by atoms with Crippen LogP contribution in [-0.4, -0.2) is 37.2 Å². The number of unbranched alkanes of at least 4 members (excludes halogenated alkanes) is 29. The van der Waals surface area contributed by atoms with Gasteiger partial charge >= 0.3 is 17.9 Å². The van der Waals surface area contributed by atoms with Gasteiger partial charge in [0.1, 0.15) is 13.2 Å². The zero-order chi connectivity index (χ0) is 55.7. The number of carbonyl (C=O) groups is 3. The van der Waals surface area contributed by atoms with Crippen LogP contribution in [0.2, 0.25) is 0 Å². The van der Waals surface area contributed by atoms with Crippen LogP contribution < -0.4 is 0 Å². The van der Waals surface area contributed by atoms with Crippen LogP contribution >= 0.6 is 0 Å². The lowest BCUT2D eigenvalue weighted by atomic mass is 10.0. The fourth-order valence-electron chi connectivity index (χ4n) is 9.00. The summed E-state index contributed by atoms with van der Waals surface area (Å²) in [7, 11) is 0. The van der Waals surface area contributed by atoms with Gasteiger partial charge in [-0.1, -0.05) is 297 Å². The van der Waals surface area contributed by atoms with Crippen LogP contribution in [0.4, 0.5) is 0 Å². The third-order valence-corrected chi connectivity index (χ3v) is 13.8. The van der Waals surface area contributed by atoms with Crippen LogP contribution in [0.25, 0.3) is 0 Å². The Labute approximate surface area is 476 Å². The Bertz CT molecular complexity index is 1560. The van der Waals surface area contributed by atoms with Gasteiger partial charge in [0, 0.05) is 19.3 Å². The summed E-state index contributed by atoms with van der Waals surface area (Å²) in [5, 5.41) is 0. The van der Waals surface area contributed by atoms with Crippen LogP contribution in [0.5, 0.6) is 0 Å². The molecule has 0 aliphatic rings. The molecule has 0 aromatic rings. The van der Waals surface area contributed by atoms with Crippen molar-refractivity contribution >= 4 is 17.9 Å². The third-order valence-electron chi connectivity index (χ3n) is 13.8. The molecule has 0 aromatic heterocycles. The van der Waals surface area contributed by atoms with Crippen LogP contribution in [-0.2, 0) is 28.6 Å². The molecule has 0 bridgehead atoms. The van der Waals surface area contributed by atoms with Gasteiger partial charge in [-0.2, -0.15) is 0 Å². The number of allylic oxidation sites excluding steroid dienone is 18. The molecule has 0 rings (SSSR count). The lowest BCUT2D eigenvalue weighted by Crippen LogP contribution is -2.30. The van der Waals surface area contributed by atoms with Gasteiger partial charge < -0.3 is 14.2 Å². The van der Waals surface area contributed by atoms with E-state index in [1.54, 1.807) is 0 Å². The average Bonchev–Trinajstić information content (AvgIpc) is 3.43. The molecule has 77 heavy (non-hydrogen) atoms. The Morgan fingerprint density at radius 2 is 0.532 bits per heavy atom. The number of ether oxygens (including phenoxy) is 3. The molecule has 0 aliphatic heterocycles. The average molecular weight is 1070 g/mol. The Balaban J connectivity index is 4.16. The molecule has 6 nitrogen and oxygen atoms in total. The molecule has 0 fully saturated rings. The van der Waals surface area contributed by atoms with Crippen LogP contribution in [0.1, 0.15) is 303 Å². The molecule has 0 aromatic carbocycles. The smallest absolute Gasteiger partial charge is 0.306 e. The Morgan fingerprint density at radius 3 is 0.870 bits per heavy atom. The number of rotatable bonds is 58. The molecule has 1 atom stereocenters. The highest BCUT2D eigenvalue weighted by Gasteiger charge is 2.19. The molecule has 0 spiro atoms. The molecule has 1 unspecified atom stereocenters. The minimum atomic E-state index is -0.845. The van der Waals surface area contributed by atoms with Crippen LogP contribution in [0.3, 0.4) is 0 Å². The van der Waals surface area contributed by atoms with Crippen LogP contribution in [0.15, 0.2) is 109 Å². The second kappa shape index (κ2) is 64.6. The molecule has 0 amide bonds. The SMILES string of the molecule is CC/C=C\C/C=C\C/C=C\C/C=C\CCC(=O)OCC(COC(=O)CCCCCCCCCCCCCCCCCCCCCCC/C=C\CCCCCCCCCC)OC(=O)CC/C=C\C/C=C\C/C=C\C/C=C\CC. The summed E-state index contributed by atoms with van der Waals surface area (Å²) < 4.78 is 16.7. The summed E-state index contributed by atoms with van der Waals surface area (Å²) >= 11 is 0. The van der Waals surface area contributed by atoms with Gasteiger partial charge in [-0.05, 0) is 96.3 Å². The van der Waals surface area contributed by atoms with Crippen molar-refractivity contribution in [3.63, 3.8) is 0 Å². The molecular weight excluding hydrogens is 949 g/mol. The molecule has 440 valence electrons. The predicted octanol–water partition coefficient (Wildman–Crippen LogP) is 22.2. The first kappa shape index (κ1) is 73.1. The first-order chi connectivity index (χ1) is 38.0. The highest BCUT2D eigenvalue weighted by Crippen LogP contribution is 2.17. The number of esters is 3. The van der Waals surface area contributed by atoms with Crippen molar-refractivity contribution in [3.8, 4) is 0 Å². The normalized spacial score (nSPS) is 12.8. The Hall–Kier alpha value is -3.93. The molecule has 0 saturated heterocycles. The maximum atomic E-state index is 12.8. The summed E-state index contributed by atoms with van der Waals surface area (Å²) in [5.74, 6) is -1.09. The van der Waals surface area contributed by atoms with Gasteiger partial charge in [-0.15, -0.1) is 0 Å². The van der Waals surface area contributed by atoms with Gasteiger partial charge in [-0.25, -0.2) is 0 Å². The number of hydrogen-bond donors (Lipinski definition) is 0. The van der Waals surface area contributed by atoms with Crippen molar-refractivity contribution in [2.24, 2.45) is 0 Å². The van der Waals surface area contributed by atoms with Gasteiger partial charge in [0.25, 0.3) is 0 Å². The molecule has 6 heteroatoms. The van der Waals surface area contributed by atoms with E-state index in [4.69, 9.17) is 14.2 Å². The summed E-state index contributed by atoms with van der Waals surface area (Å²) in [6, 6.07) is 0. The van der Waals surface area contributed by atoms with E-state index in [1.807, 2.05) is 24.3 Å². The summed E-state index contributed by atoms with van der Waals surface area (Å²) in [6.07, 6.45) is 88.9. The monoisotopic (exact) mass is 1070 g/mol. The fraction of sp³-hybridized carbons (Fsp3) is 0.704. The van der Waals surface area contributed by atoms with E-state index in [2.05, 4.69) is 106 Å². The Kier molecular flexibility index (Phi) is 61.3. The van der Waals surface area contributed by atoms with Gasteiger partial charge in [0.05, 0.1) is 0 Å². The van der Waals surface area contributed by atoms with E-state index in [-0.39, 0.29) is 38.0 Å². The van der Waals surface area contributed by atoms with Crippen LogP contribution in [0, 0.1) is 0 Å². The van der Waals surface area contributed by atoms with E-state index in [0.717, 1.165) is 70.6 Å². The standard InChI is InChI=1S/C71H120O6/c1-4-7-10-13-16-19-22-25-26-27-28-29-30-31-32-33-34-35-36-37-38-39-40-41-42-43-44-47-49-52-55-58-61-64-70(73)76-67-68(77-71(74)65-62-59-56-53-50-46-24-21-18-15-12-9-6-3)66-75-69(72)63-60-57-54-51-48-45-23-20-17-14-11-8-5-2/h8-9,11-12,17-18,20-21,27-28,45-46,48,50,54,56-57,59,68H,4-7,10,13-16,19,22-26,29-44,47,49,51-53,55,58,60-67H2,1-3H3/b11-8-,12-9-,20-17-,21-18-,28-27-,48-45-,50-46-,57-54-,59-56-. The van der Waals surface area contributed by atoms with E-state index >= 15 is 0 Å². The minimum absolute atomic E-state index is 0.128. The second-order valence-electron chi connectivity index (χ2n) is 21.3. The first-order valence-electron chi connectivity index (χ1n) is 32.4. The lowest BCUT2D eigenvalue weighted by Gasteiger charge is -2.18. The van der Waals surface area contributed by atoms with Crippen molar-refractivity contribution in [3.05, 3.63) is 109 Å². The summed E-state index contributed by atoms with van der Waals surface area (Å²) in [6.45, 7) is 6.29. The number of carbonyl (C=O) groups excluding carboxylic acids is 3. The van der Waals surface area contributed by atoms with Crippen molar-refractivity contribution in [1.82, 2.24) is 0 Å². The highest BCUT2D eigenvalue weighted by atomic mass is 16.6. The largest absolute Gasteiger partial charge is 0.462 e. The third kappa shape index (κ3) is 62.8. The minimum Gasteiger partial charge on any atom is -0.462 e. The first-order valence-corrected chi connectivity index (χ1v) is 32.4. The van der Waals surface area contributed by atoms with E-state index < -0.39 is 12.1 Å². The highest BCUT2D eigenvalue weighted by molar-refractivity contribution is 5.71. The molecule has 0 N–H and O–H groups in total. The zero-order valence-electron chi connectivity index (χ0n) is 50.4. The van der Waals surface area contributed by atoms with Crippen molar-refractivity contribution in [2.75, 3.05) is 13.2 Å². The van der Waals surface area contributed by atoms with E-state index in [0.29, 0.717) is 19.3 Å². The molecule has 0 heterocycles. The predicted molar refractivity (Wildman–Crippen MR) is 334 cm³/mol. The Morgan fingerprint density at radius 1 is 0.273 bits per heavy atom. The van der Waals surface area contributed by atoms with Crippen molar-refractivity contribution in [1.29, 1.82) is 0 Å². The molecule has 0 saturated carbocycles. The van der Waals surface area contributed by atoms with Gasteiger partial charge in [0.15, 0.2) is 6.10 Å². The lowest BCUT2D eigenvalue weighted by molar-refractivity contribution is -0.166. The fourth-order valence-corrected chi connectivity index (χ4v) is 9.00. The molecular formula is C71H120O6. The van der Waals surface area contributed by atoms with Gasteiger partial charge in [0.2, 0.25) is 0 Å². The quantitative estimate of drug-likeness (QED) is 0.0261. The van der Waals surface area contributed by atoms with E-state index in [1.165, 1.54) is 180 Å². The summed E-state index contributed by atoms with van der Waals surface area (Å²) in [4.78, 5) is 38.1. The van der Waals surface area contributed by atoms with Crippen molar-refractivity contribution in [2.45, 2.75) is 309 Å². The maximum Gasteiger partial charge on any atom is 0.306 e. The molecule has 0 aliphatic carbocycles. The second-order valence-corrected chi connectivity index (χ2v) is 21.3. The van der Waals surface area contributed by atoms with E-state index in [9.17, 15) is 14.4 Å². The number of hydrogen-bond acceptors (Lipinski definition) is 6. The summed E-state index contributed by atoms with van der Waals surface area (Å²) in [5.41, 5.74) is 0. The topological polar surface area (TPSA) is 78.9 Å². The molecule has 0 radical (unpaired) electrons. The van der Waals surface area contributed by atoms with Gasteiger partial charge in [-0.3, -0.25) is 14.4 Å². The maximum absolute atomic E-state index is 12.8. The van der Waals surface area contributed by atoms with Crippen molar-refractivity contribution < 1.29 is 28.6 Å².